The molecule has 0 aromatic carbocycles. The topological polar surface area (TPSA) is 43.4 Å². The van der Waals surface area contributed by atoms with Gasteiger partial charge < -0.3 is 4.74 Å². The summed E-state index contributed by atoms with van der Waals surface area (Å²) in [5.74, 6) is 0.0781. The molecule has 1 saturated carbocycles. The van der Waals surface area contributed by atoms with Crippen molar-refractivity contribution in [3.8, 4) is 0 Å². The zero-order valence-corrected chi connectivity index (χ0v) is 10.7. The number of rotatable bonds is 3. The van der Waals surface area contributed by atoms with E-state index in [2.05, 4.69) is 20.8 Å². The molecule has 0 bridgehead atoms. The van der Waals surface area contributed by atoms with Crippen LogP contribution in [0.4, 0.5) is 0 Å². The van der Waals surface area contributed by atoms with Gasteiger partial charge in [0, 0.05) is 0 Å². The molecule has 3 heteroatoms. The Morgan fingerprint density at radius 2 is 1.94 bits per heavy atom. The number of esters is 1. The van der Waals surface area contributed by atoms with E-state index < -0.39 is 0 Å². The molecule has 2 unspecified atom stereocenters. The number of carbonyl (C=O) groups excluding carboxylic acids is 2. The first-order chi connectivity index (χ1) is 7.28. The van der Waals surface area contributed by atoms with Crippen molar-refractivity contribution in [1.82, 2.24) is 0 Å². The standard InChI is InChI=1S/C13H22O3/c1-9-5-11(8-13(3,4)7-9)16-12(15)6-10(2)14/h9,11H,5-8H2,1-4H3. The molecule has 0 aromatic heterocycles. The summed E-state index contributed by atoms with van der Waals surface area (Å²) in [7, 11) is 0. The summed E-state index contributed by atoms with van der Waals surface area (Å²) in [4.78, 5) is 22.2. The van der Waals surface area contributed by atoms with Gasteiger partial charge in [0.15, 0.2) is 0 Å². The number of hydrogen-bond acceptors (Lipinski definition) is 3. The van der Waals surface area contributed by atoms with E-state index in [-0.39, 0.29) is 29.7 Å². The van der Waals surface area contributed by atoms with Crippen LogP contribution >= 0.6 is 0 Å². The number of Topliss-reactive ketones (excluding diaryl/α,β-unsaturated/α-hetero) is 1. The predicted molar refractivity (Wildman–Crippen MR) is 62.0 cm³/mol. The monoisotopic (exact) mass is 226 g/mol. The summed E-state index contributed by atoms with van der Waals surface area (Å²) in [6.45, 7) is 8.00. The number of ketones is 1. The molecule has 1 fully saturated rings. The maximum atomic E-state index is 11.4. The van der Waals surface area contributed by atoms with Gasteiger partial charge in [-0.15, -0.1) is 0 Å². The van der Waals surface area contributed by atoms with E-state index in [0.717, 1.165) is 12.8 Å². The van der Waals surface area contributed by atoms with Crippen molar-refractivity contribution in [1.29, 1.82) is 0 Å². The van der Waals surface area contributed by atoms with Crippen LogP contribution in [-0.4, -0.2) is 17.9 Å². The van der Waals surface area contributed by atoms with E-state index in [1.807, 2.05) is 0 Å². The van der Waals surface area contributed by atoms with Gasteiger partial charge in [0.2, 0.25) is 0 Å². The average molecular weight is 226 g/mol. The lowest BCUT2D eigenvalue weighted by atomic mass is 9.71. The van der Waals surface area contributed by atoms with Gasteiger partial charge in [0.25, 0.3) is 0 Å². The molecule has 1 aliphatic rings. The Morgan fingerprint density at radius 3 is 2.44 bits per heavy atom. The molecule has 0 radical (unpaired) electrons. The second-order valence-corrected chi connectivity index (χ2v) is 5.90. The van der Waals surface area contributed by atoms with Crippen molar-refractivity contribution < 1.29 is 14.3 Å². The molecule has 0 spiro atoms. The van der Waals surface area contributed by atoms with Crippen molar-refractivity contribution in [2.75, 3.05) is 0 Å². The molecule has 0 aliphatic heterocycles. The highest BCUT2D eigenvalue weighted by Gasteiger charge is 2.33. The number of hydrogen-bond donors (Lipinski definition) is 0. The molecule has 3 nitrogen and oxygen atoms in total. The van der Waals surface area contributed by atoms with Gasteiger partial charge in [-0.1, -0.05) is 20.8 Å². The summed E-state index contributed by atoms with van der Waals surface area (Å²) in [6.07, 6.45) is 2.90. The molecule has 92 valence electrons. The molecule has 0 aromatic rings. The molecule has 2 atom stereocenters. The van der Waals surface area contributed by atoms with Crippen molar-refractivity contribution in [2.45, 2.75) is 59.5 Å². The quantitative estimate of drug-likeness (QED) is 0.549. The van der Waals surface area contributed by atoms with Crippen LogP contribution in [0.1, 0.15) is 53.4 Å². The largest absolute Gasteiger partial charge is 0.462 e. The molecular weight excluding hydrogens is 204 g/mol. The fourth-order valence-electron chi connectivity index (χ4n) is 2.78. The fraction of sp³-hybridized carbons (Fsp3) is 0.846. The normalized spacial score (nSPS) is 28.5. The van der Waals surface area contributed by atoms with Gasteiger partial charge in [-0.25, -0.2) is 0 Å². The molecule has 1 aliphatic carbocycles. The van der Waals surface area contributed by atoms with E-state index in [9.17, 15) is 9.59 Å². The highest BCUT2D eigenvalue weighted by atomic mass is 16.5. The minimum Gasteiger partial charge on any atom is -0.462 e. The Labute approximate surface area is 97.5 Å². The summed E-state index contributed by atoms with van der Waals surface area (Å²) in [5.41, 5.74) is 0.235. The van der Waals surface area contributed by atoms with Gasteiger partial charge in [-0.05, 0) is 37.5 Å². The molecular formula is C13H22O3. The lowest BCUT2D eigenvalue weighted by molar-refractivity contribution is -0.154. The van der Waals surface area contributed by atoms with Crippen LogP contribution in [0.2, 0.25) is 0 Å². The summed E-state index contributed by atoms with van der Waals surface area (Å²) >= 11 is 0. The molecule has 0 heterocycles. The van der Waals surface area contributed by atoms with Crippen LogP contribution in [0.3, 0.4) is 0 Å². The van der Waals surface area contributed by atoms with Gasteiger partial charge in [0.1, 0.15) is 18.3 Å². The average Bonchev–Trinajstić information content (AvgIpc) is 1.95. The van der Waals surface area contributed by atoms with E-state index in [4.69, 9.17) is 4.74 Å². The van der Waals surface area contributed by atoms with Gasteiger partial charge in [-0.3, -0.25) is 9.59 Å². The minimum absolute atomic E-state index is 0.00870. The summed E-state index contributed by atoms with van der Waals surface area (Å²) in [5, 5.41) is 0. The highest BCUT2D eigenvalue weighted by Crippen LogP contribution is 2.39. The Balaban J connectivity index is 2.48. The molecule has 1 rings (SSSR count). The van der Waals surface area contributed by atoms with Crippen LogP contribution < -0.4 is 0 Å². The van der Waals surface area contributed by atoms with Crippen molar-refractivity contribution >= 4 is 11.8 Å². The van der Waals surface area contributed by atoms with Crippen LogP contribution in [0.25, 0.3) is 0 Å². The third-order valence-electron chi connectivity index (χ3n) is 3.04. The molecule has 16 heavy (non-hydrogen) atoms. The van der Waals surface area contributed by atoms with Gasteiger partial charge >= 0.3 is 5.97 Å². The predicted octanol–water partition coefficient (Wildman–Crippen LogP) is 2.72. The van der Waals surface area contributed by atoms with Crippen LogP contribution in [0.15, 0.2) is 0 Å². The van der Waals surface area contributed by atoms with Gasteiger partial charge in [0.05, 0.1) is 0 Å². The second-order valence-electron chi connectivity index (χ2n) is 5.90. The second kappa shape index (κ2) is 4.98. The molecule has 0 N–H and O–H groups in total. The number of ether oxygens (including phenoxy) is 1. The zero-order chi connectivity index (χ0) is 12.3. The maximum absolute atomic E-state index is 11.4. The van der Waals surface area contributed by atoms with Crippen LogP contribution in [-0.2, 0) is 14.3 Å². The SMILES string of the molecule is CC(=O)CC(=O)OC1CC(C)CC(C)(C)C1. The smallest absolute Gasteiger partial charge is 0.313 e. The first-order valence-corrected chi connectivity index (χ1v) is 5.97. The third kappa shape index (κ3) is 4.33. The zero-order valence-electron chi connectivity index (χ0n) is 10.7. The Bertz CT molecular complexity index is 281. The van der Waals surface area contributed by atoms with Crippen molar-refractivity contribution in [3.05, 3.63) is 0 Å². The Morgan fingerprint density at radius 1 is 1.31 bits per heavy atom. The molecule has 0 saturated heterocycles. The van der Waals surface area contributed by atoms with E-state index in [1.54, 1.807) is 0 Å². The van der Waals surface area contributed by atoms with Gasteiger partial charge in [-0.2, -0.15) is 0 Å². The lowest BCUT2D eigenvalue weighted by Gasteiger charge is -2.38. The van der Waals surface area contributed by atoms with E-state index >= 15 is 0 Å². The lowest BCUT2D eigenvalue weighted by Crippen LogP contribution is -2.34. The highest BCUT2D eigenvalue weighted by molar-refractivity contribution is 5.94. The van der Waals surface area contributed by atoms with Crippen molar-refractivity contribution in [3.63, 3.8) is 0 Å². The van der Waals surface area contributed by atoms with Crippen LogP contribution in [0, 0.1) is 11.3 Å². The minimum atomic E-state index is -0.373. The first-order valence-electron chi connectivity index (χ1n) is 5.97. The number of carbonyl (C=O) groups is 2. The first kappa shape index (κ1) is 13.2. The Hall–Kier alpha value is -0.860. The maximum Gasteiger partial charge on any atom is 0.313 e. The fourth-order valence-corrected chi connectivity index (χ4v) is 2.78. The van der Waals surface area contributed by atoms with Crippen molar-refractivity contribution in [2.24, 2.45) is 11.3 Å². The third-order valence-corrected chi connectivity index (χ3v) is 3.04. The summed E-state index contributed by atoms with van der Waals surface area (Å²) in [6, 6.07) is 0. The van der Waals surface area contributed by atoms with E-state index in [0.29, 0.717) is 5.92 Å². The summed E-state index contributed by atoms with van der Waals surface area (Å²) < 4.78 is 5.35. The molecule has 0 amide bonds. The Kier molecular flexibility index (Phi) is 4.11. The van der Waals surface area contributed by atoms with Crippen LogP contribution in [0.5, 0.6) is 0 Å². The van der Waals surface area contributed by atoms with E-state index in [1.165, 1.54) is 13.3 Å².